The first kappa shape index (κ1) is 19.4. The molecule has 6 heteroatoms. The summed E-state index contributed by atoms with van der Waals surface area (Å²) in [4.78, 5) is 25.3. The first-order valence-corrected chi connectivity index (χ1v) is 10.2. The number of hydrogen-bond donors (Lipinski definition) is 1. The highest BCUT2D eigenvalue weighted by atomic mass is 19.1. The Bertz CT molecular complexity index is 1100. The van der Waals surface area contributed by atoms with Crippen molar-refractivity contribution >= 4 is 17.5 Å². The molecule has 2 aliphatic carbocycles. The molecular formula is C23H26FN3O2. The van der Waals surface area contributed by atoms with E-state index >= 15 is 0 Å². The van der Waals surface area contributed by atoms with E-state index < -0.39 is 6.17 Å². The summed E-state index contributed by atoms with van der Waals surface area (Å²) in [6.07, 6.45) is 10.0. The average Bonchev–Trinajstić information content (AvgIpc) is 3.17. The lowest BCUT2D eigenvalue weighted by Gasteiger charge is -2.21. The maximum atomic E-state index is 14.0. The second-order valence-electron chi connectivity index (χ2n) is 8.02. The van der Waals surface area contributed by atoms with Crippen molar-refractivity contribution in [3.63, 3.8) is 0 Å². The van der Waals surface area contributed by atoms with Crippen LogP contribution in [0.2, 0.25) is 0 Å². The van der Waals surface area contributed by atoms with Crippen LogP contribution < -0.4 is 10.9 Å². The highest BCUT2D eigenvalue weighted by Crippen LogP contribution is 2.23. The fraction of sp³-hybridized carbons (Fsp3) is 0.391. The van der Waals surface area contributed by atoms with Crippen molar-refractivity contribution < 1.29 is 9.18 Å². The number of amides is 1. The molecule has 2 aliphatic rings. The van der Waals surface area contributed by atoms with E-state index in [9.17, 15) is 14.0 Å². The van der Waals surface area contributed by atoms with Crippen LogP contribution in [0.5, 0.6) is 0 Å². The molecule has 4 rings (SSSR count). The number of alkyl halides is 1. The van der Waals surface area contributed by atoms with E-state index in [1.54, 1.807) is 16.7 Å². The number of rotatable bonds is 5. The monoisotopic (exact) mass is 395 g/mol. The number of nitrogens with one attached hydrogen (secondary N) is 1. The van der Waals surface area contributed by atoms with E-state index in [0.717, 1.165) is 17.8 Å². The zero-order valence-corrected chi connectivity index (χ0v) is 16.8. The Morgan fingerprint density at radius 1 is 1.28 bits per heavy atom. The van der Waals surface area contributed by atoms with Gasteiger partial charge in [-0.3, -0.25) is 9.59 Å². The van der Waals surface area contributed by atoms with Crippen molar-refractivity contribution in [2.45, 2.75) is 52.2 Å². The number of carbonyl (C=O) groups excluding carboxylic acids is 1. The van der Waals surface area contributed by atoms with Gasteiger partial charge in [-0.05, 0) is 61.6 Å². The molecule has 0 saturated heterocycles. The van der Waals surface area contributed by atoms with Crippen LogP contribution in [0, 0.1) is 5.92 Å². The summed E-state index contributed by atoms with van der Waals surface area (Å²) in [5, 5.41) is 2.98. The standard InChI is InChI=1S/C23H26FN3O2/c1-15-7-9-18(16(2)13-15)25-22(28)6-4-12-27-21-14-17(24)8-10-19(21)26-11-3-5-20(26)23(27)29/h3,5,7-11,15,17H,4,6,12-14H2,1-2H3,(H,25,28)/t15-,17-/m0/s1. The van der Waals surface area contributed by atoms with Crippen molar-refractivity contribution in [2.24, 2.45) is 5.92 Å². The van der Waals surface area contributed by atoms with E-state index in [2.05, 4.69) is 18.3 Å². The topological polar surface area (TPSA) is 55.5 Å². The Morgan fingerprint density at radius 2 is 2.10 bits per heavy atom. The molecule has 1 amide bonds. The predicted octanol–water partition coefficient (Wildman–Crippen LogP) is 3.77. The minimum Gasteiger partial charge on any atom is -0.326 e. The molecule has 2 aromatic rings. The molecule has 2 aromatic heterocycles. The van der Waals surface area contributed by atoms with Gasteiger partial charge in [0, 0.05) is 37.0 Å². The SMILES string of the molecule is CC1=C(NC(=O)CCCn2c3c(n4cccc4c2=O)C=C[C@H](F)C3)C=C[C@H](C)C1. The molecule has 0 radical (unpaired) electrons. The Hall–Kier alpha value is -2.89. The molecule has 152 valence electrons. The molecule has 0 fully saturated rings. The molecule has 2 atom stereocenters. The first-order valence-electron chi connectivity index (χ1n) is 10.2. The van der Waals surface area contributed by atoms with Gasteiger partial charge < -0.3 is 14.3 Å². The Morgan fingerprint density at radius 3 is 2.90 bits per heavy atom. The molecule has 0 saturated carbocycles. The number of halogens is 1. The lowest BCUT2D eigenvalue weighted by Crippen LogP contribution is -2.30. The summed E-state index contributed by atoms with van der Waals surface area (Å²) < 4.78 is 17.4. The lowest BCUT2D eigenvalue weighted by molar-refractivity contribution is -0.120. The molecule has 0 spiro atoms. The van der Waals surface area contributed by atoms with Gasteiger partial charge in [0.25, 0.3) is 5.56 Å². The van der Waals surface area contributed by atoms with Crippen LogP contribution in [0.4, 0.5) is 4.39 Å². The first-order chi connectivity index (χ1) is 13.9. The molecule has 29 heavy (non-hydrogen) atoms. The van der Waals surface area contributed by atoms with Gasteiger partial charge in [0.15, 0.2) is 0 Å². The van der Waals surface area contributed by atoms with Crippen LogP contribution in [-0.4, -0.2) is 21.0 Å². The molecule has 0 aromatic carbocycles. The molecule has 5 nitrogen and oxygen atoms in total. The summed E-state index contributed by atoms with van der Waals surface area (Å²) in [6, 6.07) is 3.59. The number of fused-ring (bicyclic) bond motifs is 3. The summed E-state index contributed by atoms with van der Waals surface area (Å²) in [5.74, 6) is 0.429. The van der Waals surface area contributed by atoms with Crippen molar-refractivity contribution in [3.05, 3.63) is 69.6 Å². The van der Waals surface area contributed by atoms with Crippen LogP contribution >= 0.6 is 0 Å². The third kappa shape index (κ3) is 3.84. The van der Waals surface area contributed by atoms with Gasteiger partial charge >= 0.3 is 0 Å². The zero-order chi connectivity index (χ0) is 20.5. The van der Waals surface area contributed by atoms with Gasteiger partial charge in [-0.15, -0.1) is 0 Å². The van der Waals surface area contributed by atoms with Gasteiger partial charge in [-0.25, -0.2) is 4.39 Å². The molecular weight excluding hydrogens is 369 g/mol. The van der Waals surface area contributed by atoms with Crippen LogP contribution in [0.15, 0.2) is 52.6 Å². The lowest BCUT2D eigenvalue weighted by atomic mass is 9.95. The highest BCUT2D eigenvalue weighted by molar-refractivity contribution is 5.78. The largest absolute Gasteiger partial charge is 0.326 e. The maximum Gasteiger partial charge on any atom is 0.275 e. The fourth-order valence-corrected chi connectivity index (χ4v) is 4.20. The molecule has 1 N–H and O–H groups in total. The van der Waals surface area contributed by atoms with E-state index in [4.69, 9.17) is 0 Å². The third-order valence-corrected chi connectivity index (χ3v) is 5.68. The van der Waals surface area contributed by atoms with Crippen LogP contribution in [0.25, 0.3) is 11.6 Å². The Labute approximate surface area is 169 Å². The number of allylic oxidation sites excluding steroid dienone is 4. The van der Waals surface area contributed by atoms with E-state index in [-0.39, 0.29) is 17.9 Å². The van der Waals surface area contributed by atoms with Crippen LogP contribution in [-0.2, 0) is 17.8 Å². The van der Waals surface area contributed by atoms with Gasteiger partial charge in [-0.1, -0.05) is 13.0 Å². The van der Waals surface area contributed by atoms with Gasteiger partial charge in [-0.2, -0.15) is 0 Å². The number of carbonyl (C=O) groups is 1. The number of hydrogen-bond acceptors (Lipinski definition) is 2. The summed E-state index contributed by atoms with van der Waals surface area (Å²) in [6.45, 7) is 4.58. The third-order valence-electron chi connectivity index (χ3n) is 5.68. The smallest absolute Gasteiger partial charge is 0.275 e. The number of aromatic nitrogens is 2. The van der Waals surface area contributed by atoms with Crippen LogP contribution in [0.1, 0.15) is 44.5 Å². The predicted molar refractivity (Wildman–Crippen MR) is 112 cm³/mol. The Kier molecular flexibility index (Phi) is 5.26. The summed E-state index contributed by atoms with van der Waals surface area (Å²) >= 11 is 0. The maximum absolute atomic E-state index is 14.0. The second kappa shape index (κ2) is 7.85. The fourth-order valence-electron chi connectivity index (χ4n) is 4.20. The van der Waals surface area contributed by atoms with E-state index in [1.165, 1.54) is 11.6 Å². The molecule has 0 bridgehead atoms. The average molecular weight is 395 g/mol. The van der Waals surface area contributed by atoms with E-state index in [1.807, 2.05) is 29.7 Å². The van der Waals surface area contributed by atoms with Crippen molar-refractivity contribution in [1.82, 2.24) is 14.3 Å². The molecule has 0 aliphatic heterocycles. The summed E-state index contributed by atoms with van der Waals surface area (Å²) in [7, 11) is 0. The van der Waals surface area contributed by atoms with Crippen molar-refractivity contribution in [3.8, 4) is 0 Å². The summed E-state index contributed by atoms with van der Waals surface area (Å²) in [5.41, 5.74) is 4.01. The van der Waals surface area contributed by atoms with Crippen LogP contribution in [0.3, 0.4) is 0 Å². The zero-order valence-electron chi connectivity index (χ0n) is 16.8. The van der Waals surface area contributed by atoms with Gasteiger partial charge in [0.2, 0.25) is 5.91 Å². The second-order valence-corrected chi connectivity index (χ2v) is 8.02. The minimum atomic E-state index is -1.10. The molecule has 2 heterocycles. The number of nitrogens with zero attached hydrogens (tertiary/aromatic N) is 2. The Balaban J connectivity index is 1.49. The molecule has 0 unspecified atom stereocenters. The minimum absolute atomic E-state index is 0.0625. The van der Waals surface area contributed by atoms with Crippen molar-refractivity contribution in [2.75, 3.05) is 0 Å². The highest BCUT2D eigenvalue weighted by Gasteiger charge is 2.21. The van der Waals surface area contributed by atoms with Gasteiger partial charge in [0.05, 0.1) is 5.69 Å². The van der Waals surface area contributed by atoms with Gasteiger partial charge in [0.1, 0.15) is 11.7 Å². The normalized spacial score (nSPS) is 20.9. The quantitative estimate of drug-likeness (QED) is 0.838. The van der Waals surface area contributed by atoms with Crippen molar-refractivity contribution in [1.29, 1.82) is 0 Å². The van der Waals surface area contributed by atoms with E-state index in [0.29, 0.717) is 36.5 Å².